The van der Waals surface area contributed by atoms with Crippen LogP contribution in [0.5, 0.6) is 5.75 Å². The molecule has 3 nitrogen and oxygen atoms in total. The van der Waals surface area contributed by atoms with Gasteiger partial charge in [0, 0.05) is 6.54 Å². The van der Waals surface area contributed by atoms with Crippen LogP contribution in [0.3, 0.4) is 0 Å². The third kappa shape index (κ3) is 3.93. The molecular formula is C15H19NO2. The summed E-state index contributed by atoms with van der Waals surface area (Å²) in [7, 11) is 0. The quantitative estimate of drug-likeness (QED) is 0.847. The van der Waals surface area contributed by atoms with E-state index in [1.807, 2.05) is 38.1 Å². The van der Waals surface area contributed by atoms with Crippen LogP contribution in [0.15, 0.2) is 47.1 Å². The maximum atomic E-state index is 5.60. The Kier molecular flexibility index (Phi) is 4.42. The maximum Gasteiger partial charge on any atom is 0.119 e. The van der Waals surface area contributed by atoms with Crippen LogP contribution in [-0.4, -0.2) is 6.10 Å². The molecule has 0 aliphatic rings. The molecule has 1 aromatic heterocycles. The molecule has 0 spiro atoms. The largest absolute Gasteiger partial charge is 0.491 e. The summed E-state index contributed by atoms with van der Waals surface area (Å²) in [4.78, 5) is 0. The molecule has 0 radical (unpaired) electrons. The monoisotopic (exact) mass is 245 g/mol. The van der Waals surface area contributed by atoms with Crippen molar-refractivity contribution in [1.29, 1.82) is 0 Å². The van der Waals surface area contributed by atoms with E-state index < -0.39 is 0 Å². The lowest BCUT2D eigenvalue weighted by atomic mass is 10.2. The summed E-state index contributed by atoms with van der Waals surface area (Å²) >= 11 is 0. The topological polar surface area (TPSA) is 34.4 Å². The van der Waals surface area contributed by atoms with Gasteiger partial charge in [-0.3, -0.25) is 0 Å². The second-order valence-electron chi connectivity index (χ2n) is 4.49. The van der Waals surface area contributed by atoms with Crippen molar-refractivity contribution >= 4 is 0 Å². The van der Waals surface area contributed by atoms with Crippen LogP contribution in [0.25, 0.3) is 0 Å². The number of ether oxygens (including phenoxy) is 1. The Hall–Kier alpha value is -1.74. The molecule has 0 atom stereocenters. The second kappa shape index (κ2) is 6.26. The molecule has 96 valence electrons. The van der Waals surface area contributed by atoms with Crippen molar-refractivity contribution in [3.8, 4) is 5.75 Å². The van der Waals surface area contributed by atoms with E-state index in [0.29, 0.717) is 0 Å². The summed E-state index contributed by atoms with van der Waals surface area (Å²) in [6.45, 7) is 5.62. The molecule has 1 heterocycles. The van der Waals surface area contributed by atoms with Crippen molar-refractivity contribution in [1.82, 2.24) is 5.32 Å². The van der Waals surface area contributed by atoms with Gasteiger partial charge >= 0.3 is 0 Å². The van der Waals surface area contributed by atoms with Gasteiger partial charge in [-0.1, -0.05) is 12.1 Å². The SMILES string of the molecule is CC(C)Oc1ccc(CNCc2ccco2)cc1. The molecule has 3 heteroatoms. The predicted molar refractivity (Wildman–Crippen MR) is 71.5 cm³/mol. The zero-order valence-corrected chi connectivity index (χ0v) is 10.8. The van der Waals surface area contributed by atoms with Crippen molar-refractivity contribution in [2.75, 3.05) is 0 Å². The summed E-state index contributed by atoms with van der Waals surface area (Å²) in [5.74, 6) is 1.87. The van der Waals surface area contributed by atoms with Gasteiger partial charge in [-0.15, -0.1) is 0 Å². The number of hydrogen-bond donors (Lipinski definition) is 1. The highest BCUT2D eigenvalue weighted by atomic mass is 16.5. The fourth-order valence-electron chi connectivity index (χ4n) is 1.70. The summed E-state index contributed by atoms with van der Waals surface area (Å²) in [5, 5.41) is 3.33. The molecule has 18 heavy (non-hydrogen) atoms. The molecule has 1 aromatic carbocycles. The molecule has 0 saturated heterocycles. The molecule has 0 amide bonds. The molecule has 0 bridgehead atoms. The molecular weight excluding hydrogens is 226 g/mol. The normalized spacial score (nSPS) is 10.8. The van der Waals surface area contributed by atoms with E-state index in [0.717, 1.165) is 24.6 Å². The Morgan fingerprint density at radius 2 is 1.89 bits per heavy atom. The first-order valence-electron chi connectivity index (χ1n) is 6.23. The summed E-state index contributed by atoms with van der Waals surface area (Å²) in [6.07, 6.45) is 1.91. The van der Waals surface area contributed by atoms with Gasteiger partial charge in [0.25, 0.3) is 0 Å². The van der Waals surface area contributed by atoms with Gasteiger partial charge in [-0.2, -0.15) is 0 Å². The standard InChI is InChI=1S/C15H19NO2/c1-12(2)18-14-7-5-13(6-8-14)10-16-11-15-4-3-9-17-15/h3-9,12,16H,10-11H2,1-2H3. The molecule has 0 fully saturated rings. The highest BCUT2D eigenvalue weighted by Crippen LogP contribution is 2.13. The molecule has 0 unspecified atom stereocenters. The van der Waals surface area contributed by atoms with E-state index in [4.69, 9.17) is 9.15 Å². The minimum absolute atomic E-state index is 0.216. The fraction of sp³-hybridized carbons (Fsp3) is 0.333. The Labute approximate surface area is 108 Å². The van der Waals surface area contributed by atoms with E-state index >= 15 is 0 Å². The maximum absolute atomic E-state index is 5.60. The van der Waals surface area contributed by atoms with E-state index in [9.17, 15) is 0 Å². The zero-order chi connectivity index (χ0) is 12.8. The van der Waals surface area contributed by atoms with Gasteiger partial charge in [0.1, 0.15) is 11.5 Å². The van der Waals surface area contributed by atoms with Crippen molar-refractivity contribution in [3.63, 3.8) is 0 Å². The summed E-state index contributed by atoms with van der Waals surface area (Å²) in [5.41, 5.74) is 1.23. The van der Waals surface area contributed by atoms with Crippen LogP contribution in [0.2, 0.25) is 0 Å². The van der Waals surface area contributed by atoms with Crippen molar-refractivity contribution in [2.45, 2.75) is 33.0 Å². The van der Waals surface area contributed by atoms with Crippen molar-refractivity contribution < 1.29 is 9.15 Å². The lowest BCUT2D eigenvalue weighted by Gasteiger charge is -2.10. The second-order valence-corrected chi connectivity index (χ2v) is 4.49. The van der Waals surface area contributed by atoms with Crippen LogP contribution >= 0.6 is 0 Å². The number of furan rings is 1. The first kappa shape index (κ1) is 12.7. The zero-order valence-electron chi connectivity index (χ0n) is 10.8. The predicted octanol–water partition coefficient (Wildman–Crippen LogP) is 3.36. The summed E-state index contributed by atoms with van der Waals surface area (Å²) < 4.78 is 10.8. The van der Waals surface area contributed by atoms with Crippen LogP contribution in [0.4, 0.5) is 0 Å². The average molecular weight is 245 g/mol. The highest BCUT2D eigenvalue weighted by Gasteiger charge is 1.99. The van der Waals surface area contributed by atoms with Gasteiger partial charge in [0.05, 0.1) is 18.9 Å². The van der Waals surface area contributed by atoms with Crippen molar-refractivity contribution in [2.24, 2.45) is 0 Å². The molecule has 0 aliphatic carbocycles. The lowest BCUT2D eigenvalue weighted by Crippen LogP contribution is -2.12. The third-order valence-corrected chi connectivity index (χ3v) is 2.50. The highest BCUT2D eigenvalue weighted by molar-refractivity contribution is 5.27. The minimum Gasteiger partial charge on any atom is -0.491 e. The van der Waals surface area contributed by atoms with Gasteiger partial charge in [0.2, 0.25) is 0 Å². The molecule has 1 N–H and O–H groups in total. The van der Waals surface area contributed by atoms with Crippen LogP contribution in [0, 0.1) is 0 Å². The number of nitrogens with one attached hydrogen (secondary N) is 1. The number of rotatable bonds is 6. The van der Waals surface area contributed by atoms with E-state index in [1.165, 1.54) is 5.56 Å². The van der Waals surface area contributed by atoms with E-state index in [1.54, 1.807) is 6.26 Å². The van der Waals surface area contributed by atoms with Crippen LogP contribution in [-0.2, 0) is 13.1 Å². The average Bonchev–Trinajstić information content (AvgIpc) is 2.84. The van der Waals surface area contributed by atoms with Gasteiger partial charge in [-0.25, -0.2) is 0 Å². The van der Waals surface area contributed by atoms with Gasteiger partial charge in [0.15, 0.2) is 0 Å². The first-order chi connectivity index (χ1) is 8.74. The van der Waals surface area contributed by atoms with Gasteiger partial charge in [-0.05, 0) is 43.7 Å². The lowest BCUT2D eigenvalue weighted by molar-refractivity contribution is 0.242. The third-order valence-electron chi connectivity index (χ3n) is 2.50. The van der Waals surface area contributed by atoms with E-state index in [-0.39, 0.29) is 6.10 Å². The smallest absolute Gasteiger partial charge is 0.119 e. The Morgan fingerprint density at radius 3 is 2.50 bits per heavy atom. The first-order valence-corrected chi connectivity index (χ1v) is 6.23. The fourth-order valence-corrected chi connectivity index (χ4v) is 1.70. The molecule has 2 aromatic rings. The minimum atomic E-state index is 0.216. The molecule has 0 saturated carbocycles. The van der Waals surface area contributed by atoms with E-state index in [2.05, 4.69) is 17.4 Å². The van der Waals surface area contributed by atoms with Gasteiger partial charge < -0.3 is 14.5 Å². The molecule has 0 aliphatic heterocycles. The Bertz CT molecular complexity index is 446. The molecule has 2 rings (SSSR count). The van der Waals surface area contributed by atoms with Crippen LogP contribution in [0.1, 0.15) is 25.2 Å². The number of hydrogen-bond acceptors (Lipinski definition) is 3. The summed E-state index contributed by atoms with van der Waals surface area (Å²) in [6, 6.07) is 12.0. The Balaban J connectivity index is 1.79. The van der Waals surface area contributed by atoms with Crippen molar-refractivity contribution in [3.05, 3.63) is 54.0 Å². The number of benzene rings is 1. The Morgan fingerprint density at radius 1 is 1.11 bits per heavy atom. The van der Waals surface area contributed by atoms with Crippen LogP contribution < -0.4 is 10.1 Å².